The van der Waals surface area contributed by atoms with Crippen LogP contribution in [0.1, 0.15) is 40.5 Å². The number of hydrogen-bond acceptors (Lipinski definition) is 4. The van der Waals surface area contributed by atoms with Crippen LogP contribution in [-0.4, -0.2) is 50.8 Å². The van der Waals surface area contributed by atoms with Crippen LogP contribution in [0.2, 0.25) is 0 Å². The maximum absolute atomic E-state index is 5.74. The van der Waals surface area contributed by atoms with Crippen molar-refractivity contribution in [3.8, 4) is 0 Å². The van der Waals surface area contributed by atoms with Crippen molar-refractivity contribution in [1.29, 1.82) is 0 Å². The van der Waals surface area contributed by atoms with Crippen molar-refractivity contribution >= 4 is 0 Å². The molecule has 1 aliphatic heterocycles. The maximum Gasteiger partial charge on any atom is 0.0651 e. The van der Waals surface area contributed by atoms with Crippen LogP contribution in [0.25, 0.3) is 0 Å². The van der Waals surface area contributed by atoms with Crippen LogP contribution in [0.4, 0.5) is 0 Å². The van der Waals surface area contributed by atoms with E-state index in [2.05, 4.69) is 27.7 Å². The molecule has 22 heavy (non-hydrogen) atoms. The molecule has 0 fully saturated rings. The van der Waals surface area contributed by atoms with Gasteiger partial charge in [-0.15, -0.1) is 0 Å². The predicted molar refractivity (Wildman–Crippen MR) is 89.2 cm³/mol. The van der Waals surface area contributed by atoms with Gasteiger partial charge in [0.15, 0.2) is 0 Å². The molecule has 1 heterocycles. The molecule has 0 radical (unpaired) electrons. The summed E-state index contributed by atoms with van der Waals surface area (Å²) < 4.78 is 23.0. The van der Waals surface area contributed by atoms with Gasteiger partial charge in [-0.1, -0.05) is 24.3 Å². The van der Waals surface area contributed by atoms with E-state index in [1.807, 2.05) is 24.3 Å². The first-order valence-corrected chi connectivity index (χ1v) is 8.34. The Morgan fingerprint density at radius 1 is 0.500 bits per heavy atom. The zero-order valence-corrected chi connectivity index (χ0v) is 14.5. The van der Waals surface area contributed by atoms with E-state index in [9.17, 15) is 0 Å². The minimum absolute atomic E-state index is 0.187. The van der Waals surface area contributed by atoms with Crippen molar-refractivity contribution in [2.45, 2.75) is 65.0 Å². The fraction of sp³-hybridized carbons (Fsp3) is 0.778. The Kier molecular flexibility index (Phi) is 10.4. The predicted octanol–water partition coefficient (Wildman–Crippen LogP) is 3.51. The van der Waals surface area contributed by atoms with Crippen molar-refractivity contribution in [1.82, 2.24) is 0 Å². The largest absolute Gasteiger partial charge is 0.374 e. The van der Waals surface area contributed by atoms with Crippen LogP contribution in [0, 0.1) is 0 Å². The van der Waals surface area contributed by atoms with Crippen molar-refractivity contribution in [3.05, 3.63) is 24.3 Å². The average molecular weight is 312 g/mol. The fourth-order valence-electron chi connectivity index (χ4n) is 2.36. The third kappa shape index (κ3) is 10.1. The summed E-state index contributed by atoms with van der Waals surface area (Å²) in [5.41, 5.74) is 0. The third-order valence-electron chi connectivity index (χ3n) is 3.57. The highest BCUT2D eigenvalue weighted by atomic mass is 16.5. The molecule has 0 saturated carbocycles. The monoisotopic (exact) mass is 312 g/mol. The summed E-state index contributed by atoms with van der Waals surface area (Å²) >= 11 is 0. The molecule has 0 aliphatic carbocycles. The van der Waals surface area contributed by atoms with Crippen LogP contribution in [0.3, 0.4) is 0 Å². The van der Waals surface area contributed by atoms with Gasteiger partial charge in [-0.2, -0.15) is 0 Å². The van der Waals surface area contributed by atoms with Gasteiger partial charge in [-0.3, -0.25) is 0 Å². The summed E-state index contributed by atoms with van der Waals surface area (Å²) in [5.74, 6) is 0. The van der Waals surface area contributed by atoms with Crippen LogP contribution in [0.15, 0.2) is 24.3 Å². The van der Waals surface area contributed by atoms with Crippen molar-refractivity contribution < 1.29 is 18.9 Å². The molecule has 0 bridgehead atoms. The van der Waals surface area contributed by atoms with E-state index in [1.54, 1.807) is 0 Å². The molecule has 128 valence electrons. The lowest BCUT2D eigenvalue weighted by Gasteiger charge is -2.18. The molecule has 0 saturated heterocycles. The lowest BCUT2D eigenvalue weighted by Crippen LogP contribution is -2.20. The quantitative estimate of drug-likeness (QED) is 0.641. The second-order valence-corrected chi connectivity index (χ2v) is 5.99. The van der Waals surface area contributed by atoms with E-state index in [-0.39, 0.29) is 24.4 Å². The maximum atomic E-state index is 5.74. The first kappa shape index (κ1) is 19.4. The average Bonchev–Trinajstić information content (AvgIpc) is 2.45. The second-order valence-electron chi connectivity index (χ2n) is 5.99. The Bertz CT molecular complexity index is 267. The van der Waals surface area contributed by atoms with Gasteiger partial charge in [0, 0.05) is 0 Å². The number of ether oxygens (including phenoxy) is 4. The molecule has 0 amide bonds. The lowest BCUT2D eigenvalue weighted by atomic mass is 10.2. The molecular weight excluding hydrogens is 280 g/mol. The molecule has 0 aromatic carbocycles. The molecule has 1 rings (SSSR count). The van der Waals surface area contributed by atoms with Crippen molar-refractivity contribution in [2.75, 3.05) is 26.4 Å². The summed E-state index contributed by atoms with van der Waals surface area (Å²) in [6.45, 7) is 10.8. The van der Waals surface area contributed by atoms with Gasteiger partial charge >= 0.3 is 0 Å². The van der Waals surface area contributed by atoms with Gasteiger partial charge in [0.25, 0.3) is 0 Å². The zero-order chi connectivity index (χ0) is 16.2. The molecule has 0 spiro atoms. The highest BCUT2D eigenvalue weighted by molar-refractivity contribution is 4.83. The molecule has 0 N–H and O–H groups in total. The summed E-state index contributed by atoms with van der Waals surface area (Å²) in [4.78, 5) is 0. The Morgan fingerprint density at radius 2 is 0.727 bits per heavy atom. The van der Waals surface area contributed by atoms with E-state index in [4.69, 9.17) is 18.9 Å². The van der Waals surface area contributed by atoms with Crippen LogP contribution in [0.5, 0.6) is 0 Å². The van der Waals surface area contributed by atoms with E-state index < -0.39 is 0 Å². The van der Waals surface area contributed by atoms with Crippen LogP contribution in [-0.2, 0) is 18.9 Å². The molecule has 2 unspecified atom stereocenters. The molecule has 1 aliphatic rings. The SMILES string of the molecule is CC1C[C@@H](C)OC/C=C/COC(C)C[C@@H](C)OC/C=C/CO1. The van der Waals surface area contributed by atoms with Gasteiger partial charge in [-0.25, -0.2) is 0 Å². The van der Waals surface area contributed by atoms with Crippen molar-refractivity contribution in [2.24, 2.45) is 0 Å². The Hall–Kier alpha value is -0.680. The van der Waals surface area contributed by atoms with Crippen LogP contribution >= 0.6 is 0 Å². The first-order chi connectivity index (χ1) is 10.6. The van der Waals surface area contributed by atoms with E-state index in [0.29, 0.717) is 26.4 Å². The molecule has 4 atom stereocenters. The summed E-state index contributed by atoms with van der Waals surface area (Å²) in [7, 11) is 0. The number of hydrogen-bond donors (Lipinski definition) is 0. The second kappa shape index (κ2) is 11.8. The fourth-order valence-corrected chi connectivity index (χ4v) is 2.36. The normalized spacial score (nSPS) is 36.9. The number of rotatable bonds is 0. The zero-order valence-electron chi connectivity index (χ0n) is 14.5. The van der Waals surface area contributed by atoms with Gasteiger partial charge < -0.3 is 18.9 Å². The standard InChI is InChI=1S/C18H32O4/c1-15-13-16(2)20-10-7-8-12-22-18(4)14-17(3)21-11-6-5-9-19-15/h5-8,15-18H,9-14H2,1-4H3/b6-5+,8-7+/t15-,16?,17?,18-/m1/s1. The topological polar surface area (TPSA) is 36.9 Å². The Morgan fingerprint density at radius 3 is 0.955 bits per heavy atom. The summed E-state index contributed by atoms with van der Waals surface area (Å²) in [5, 5.41) is 0. The molecule has 4 nitrogen and oxygen atoms in total. The van der Waals surface area contributed by atoms with Crippen molar-refractivity contribution in [3.63, 3.8) is 0 Å². The van der Waals surface area contributed by atoms with Gasteiger partial charge in [0.2, 0.25) is 0 Å². The van der Waals surface area contributed by atoms with E-state index in [1.165, 1.54) is 0 Å². The third-order valence-corrected chi connectivity index (χ3v) is 3.57. The Labute approximate surface area is 135 Å². The van der Waals surface area contributed by atoms with Gasteiger partial charge in [0.05, 0.1) is 50.8 Å². The summed E-state index contributed by atoms with van der Waals surface area (Å²) in [6.07, 6.45) is 10.6. The minimum Gasteiger partial charge on any atom is -0.374 e. The minimum atomic E-state index is 0.187. The van der Waals surface area contributed by atoms with Crippen LogP contribution < -0.4 is 0 Å². The highest BCUT2D eigenvalue weighted by Crippen LogP contribution is 2.08. The Balaban J connectivity index is 2.44. The van der Waals surface area contributed by atoms with Gasteiger partial charge in [-0.05, 0) is 40.5 Å². The molecular formula is C18H32O4. The lowest BCUT2D eigenvalue weighted by molar-refractivity contribution is 0.00911. The molecule has 0 aromatic heterocycles. The first-order valence-electron chi connectivity index (χ1n) is 8.34. The van der Waals surface area contributed by atoms with Gasteiger partial charge in [0.1, 0.15) is 0 Å². The van der Waals surface area contributed by atoms with E-state index >= 15 is 0 Å². The molecule has 4 heteroatoms. The highest BCUT2D eigenvalue weighted by Gasteiger charge is 2.10. The van der Waals surface area contributed by atoms with E-state index in [0.717, 1.165) is 12.8 Å². The smallest absolute Gasteiger partial charge is 0.0651 e. The molecule has 0 aromatic rings. The summed E-state index contributed by atoms with van der Waals surface area (Å²) in [6, 6.07) is 0.